The zero-order valence-electron chi connectivity index (χ0n) is 6.03. The summed E-state index contributed by atoms with van der Waals surface area (Å²) in [5.41, 5.74) is 6.04. The van der Waals surface area contributed by atoms with Crippen molar-refractivity contribution < 1.29 is 4.79 Å². The van der Waals surface area contributed by atoms with Gasteiger partial charge in [0.15, 0.2) is 0 Å². The summed E-state index contributed by atoms with van der Waals surface area (Å²) in [7, 11) is 0. The lowest BCUT2D eigenvalue weighted by Crippen LogP contribution is -1.95. The van der Waals surface area contributed by atoms with Gasteiger partial charge in [-0.05, 0) is 17.3 Å². The highest BCUT2D eigenvalue weighted by Crippen LogP contribution is 2.20. The second kappa shape index (κ2) is 3.73. The number of carbonyl (C=O) groups is 1. The minimum atomic E-state index is 0.0127. The van der Waals surface area contributed by atoms with Gasteiger partial charge in [-0.15, -0.1) is 0 Å². The van der Waals surface area contributed by atoms with Crippen molar-refractivity contribution in [2.45, 2.75) is 6.92 Å². The summed E-state index contributed by atoms with van der Waals surface area (Å²) < 4.78 is 3.81. The Kier molecular flexibility index (Phi) is 2.90. The number of nitrogens with two attached hydrogens (primary N) is 1. The lowest BCUT2D eigenvalue weighted by molar-refractivity contribution is 0.109. The fourth-order valence-corrected chi connectivity index (χ4v) is 1.77. The average molecular weight is 188 g/mol. The van der Waals surface area contributed by atoms with Crippen LogP contribution in [-0.2, 0) is 0 Å². The van der Waals surface area contributed by atoms with E-state index in [0.717, 1.165) is 17.3 Å². The molecule has 5 heteroatoms. The van der Waals surface area contributed by atoms with E-state index in [1.165, 1.54) is 18.0 Å². The summed E-state index contributed by atoms with van der Waals surface area (Å²) in [5, 5.41) is 0.523. The van der Waals surface area contributed by atoms with Crippen molar-refractivity contribution in [3.05, 3.63) is 11.8 Å². The van der Waals surface area contributed by atoms with Crippen molar-refractivity contribution in [3.8, 4) is 0 Å². The first-order valence-corrected chi connectivity index (χ1v) is 4.89. The molecule has 0 aliphatic carbocycles. The third-order valence-electron chi connectivity index (χ3n) is 1.09. The third kappa shape index (κ3) is 1.94. The molecule has 0 saturated heterocycles. The van der Waals surface area contributed by atoms with E-state index >= 15 is 0 Å². The van der Waals surface area contributed by atoms with Crippen LogP contribution in [0, 0.1) is 0 Å². The second-order valence-corrected chi connectivity index (χ2v) is 3.89. The summed E-state index contributed by atoms with van der Waals surface area (Å²) in [6, 6.07) is 0. The molecule has 1 aromatic heterocycles. The molecule has 0 aliphatic rings. The Morgan fingerprint density at radius 2 is 2.64 bits per heavy atom. The number of aromatic nitrogens is 1. The van der Waals surface area contributed by atoms with Crippen molar-refractivity contribution in [1.82, 2.24) is 4.37 Å². The monoisotopic (exact) mass is 188 g/mol. The molecule has 0 atom stereocenters. The number of nitrogens with zero attached hydrogens (tertiary/aromatic N) is 1. The highest BCUT2D eigenvalue weighted by molar-refractivity contribution is 8.14. The van der Waals surface area contributed by atoms with E-state index in [9.17, 15) is 4.79 Å². The molecule has 1 rings (SSSR count). The molecule has 60 valence electrons. The van der Waals surface area contributed by atoms with Crippen molar-refractivity contribution in [3.63, 3.8) is 0 Å². The summed E-state index contributed by atoms with van der Waals surface area (Å²) in [6.07, 6.45) is 1.52. The molecule has 2 N–H and O–H groups in total. The zero-order chi connectivity index (χ0) is 8.27. The van der Waals surface area contributed by atoms with E-state index in [-0.39, 0.29) is 5.12 Å². The van der Waals surface area contributed by atoms with Gasteiger partial charge in [-0.25, -0.2) is 0 Å². The first-order chi connectivity index (χ1) is 5.25. The van der Waals surface area contributed by atoms with Crippen molar-refractivity contribution in [2.75, 3.05) is 11.5 Å². The molecule has 1 heterocycles. The molecular formula is C6H8N2OS2. The van der Waals surface area contributed by atoms with Crippen molar-refractivity contribution in [1.29, 1.82) is 0 Å². The Hall–Kier alpha value is -0.550. The fourth-order valence-electron chi connectivity index (χ4n) is 0.611. The number of hydrogen-bond acceptors (Lipinski definition) is 5. The van der Waals surface area contributed by atoms with Gasteiger partial charge in [0.1, 0.15) is 5.00 Å². The van der Waals surface area contributed by atoms with E-state index in [1.54, 1.807) is 0 Å². The van der Waals surface area contributed by atoms with Gasteiger partial charge < -0.3 is 5.73 Å². The number of thioether (sulfide) groups is 1. The van der Waals surface area contributed by atoms with Crippen LogP contribution < -0.4 is 5.73 Å². The van der Waals surface area contributed by atoms with E-state index in [4.69, 9.17) is 5.73 Å². The maximum atomic E-state index is 11.2. The topological polar surface area (TPSA) is 56.0 Å². The molecule has 0 amide bonds. The smallest absolute Gasteiger partial charge is 0.223 e. The summed E-state index contributed by atoms with van der Waals surface area (Å²) in [4.78, 5) is 11.2. The first-order valence-electron chi connectivity index (χ1n) is 3.13. The van der Waals surface area contributed by atoms with Crippen LogP contribution in [0.4, 0.5) is 5.00 Å². The van der Waals surface area contributed by atoms with Crippen LogP contribution in [0.15, 0.2) is 6.20 Å². The lowest BCUT2D eigenvalue weighted by atomic mass is 10.4. The van der Waals surface area contributed by atoms with Crippen molar-refractivity contribution >= 4 is 33.4 Å². The minimum absolute atomic E-state index is 0.0127. The Labute approximate surface area is 73.2 Å². The van der Waals surface area contributed by atoms with Gasteiger partial charge in [0, 0.05) is 0 Å². The molecule has 0 bridgehead atoms. The van der Waals surface area contributed by atoms with Crippen LogP contribution >= 0.6 is 23.3 Å². The molecular weight excluding hydrogens is 180 g/mol. The van der Waals surface area contributed by atoms with Crippen LogP contribution in [0.5, 0.6) is 0 Å². The van der Waals surface area contributed by atoms with Gasteiger partial charge in [0.05, 0.1) is 11.8 Å². The average Bonchev–Trinajstić information content (AvgIpc) is 2.36. The molecule has 0 fully saturated rings. The van der Waals surface area contributed by atoms with Crippen molar-refractivity contribution in [2.24, 2.45) is 0 Å². The van der Waals surface area contributed by atoms with Gasteiger partial charge in [-0.1, -0.05) is 18.7 Å². The third-order valence-corrected chi connectivity index (χ3v) is 2.49. The van der Waals surface area contributed by atoms with E-state index in [1.807, 2.05) is 6.92 Å². The molecule has 0 aromatic carbocycles. The summed E-state index contributed by atoms with van der Waals surface area (Å²) in [5.74, 6) is 0.772. The Morgan fingerprint density at radius 3 is 3.09 bits per heavy atom. The number of carbonyl (C=O) groups excluding carboxylic acids is 1. The van der Waals surface area contributed by atoms with Gasteiger partial charge in [0.2, 0.25) is 5.12 Å². The highest BCUT2D eigenvalue weighted by Gasteiger charge is 2.10. The van der Waals surface area contributed by atoms with E-state index in [2.05, 4.69) is 4.37 Å². The molecule has 1 aromatic rings. The SMILES string of the molecule is CCSC(=O)c1cnsc1N. The highest BCUT2D eigenvalue weighted by atomic mass is 32.2. The van der Waals surface area contributed by atoms with Crippen LogP contribution in [0.1, 0.15) is 17.3 Å². The molecule has 3 nitrogen and oxygen atoms in total. The molecule has 0 saturated carbocycles. The van der Waals surface area contributed by atoms with Gasteiger partial charge in [-0.3, -0.25) is 4.79 Å². The van der Waals surface area contributed by atoms with E-state index < -0.39 is 0 Å². The molecule has 0 unspecified atom stereocenters. The predicted octanol–water partition coefficient (Wildman–Crippen LogP) is 1.62. The Morgan fingerprint density at radius 1 is 1.91 bits per heavy atom. The normalized spacial score (nSPS) is 9.91. The fraction of sp³-hybridized carbons (Fsp3) is 0.333. The maximum Gasteiger partial charge on any atom is 0.223 e. The molecule has 0 spiro atoms. The molecule has 11 heavy (non-hydrogen) atoms. The molecule has 0 radical (unpaired) electrons. The van der Waals surface area contributed by atoms with Gasteiger partial charge in [0.25, 0.3) is 0 Å². The quantitative estimate of drug-likeness (QED) is 0.766. The first kappa shape index (κ1) is 8.55. The molecule has 0 aliphatic heterocycles. The standard InChI is InChI=1S/C6H8N2OS2/c1-2-10-6(9)4-3-8-11-5(4)7/h3H,2,7H2,1H3. The number of hydrogen-bond donors (Lipinski definition) is 1. The zero-order valence-corrected chi connectivity index (χ0v) is 7.67. The number of anilines is 1. The number of nitrogen functional groups attached to an aromatic ring is 1. The van der Waals surface area contributed by atoms with Crippen LogP contribution in [0.25, 0.3) is 0 Å². The summed E-state index contributed by atoms with van der Waals surface area (Å²) >= 11 is 2.40. The van der Waals surface area contributed by atoms with Gasteiger partial charge in [-0.2, -0.15) is 4.37 Å². The van der Waals surface area contributed by atoms with E-state index in [0.29, 0.717) is 10.6 Å². The minimum Gasteiger partial charge on any atom is -0.389 e. The Balaban J connectivity index is 2.76. The maximum absolute atomic E-state index is 11.2. The largest absolute Gasteiger partial charge is 0.389 e. The van der Waals surface area contributed by atoms with Crippen LogP contribution in [0.2, 0.25) is 0 Å². The predicted molar refractivity (Wildman–Crippen MR) is 49.0 cm³/mol. The lowest BCUT2D eigenvalue weighted by Gasteiger charge is -1.93. The number of rotatable bonds is 2. The second-order valence-electron chi connectivity index (χ2n) is 1.82. The summed E-state index contributed by atoms with van der Waals surface area (Å²) in [6.45, 7) is 1.93. The van der Waals surface area contributed by atoms with Gasteiger partial charge >= 0.3 is 0 Å². The van der Waals surface area contributed by atoms with Crippen LogP contribution in [-0.4, -0.2) is 15.2 Å². The Bertz CT molecular complexity index is 259. The van der Waals surface area contributed by atoms with Crippen LogP contribution in [0.3, 0.4) is 0 Å².